The lowest BCUT2D eigenvalue weighted by Gasteiger charge is -2.07. The first kappa shape index (κ1) is 21.5. The van der Waals surface area contributed by atoms with E-state index in [1.807, 2.05) is 31.2 Å². The minimum Gasteiger partial charge on any atom is -0.481 e. The van der Waals surface area contributed by atoms with Gasteiger partial charge in [-0.25, -0.2) is 0 Å². The van der Waals surface area contributed by atoms with Crippen molar-refractivity contribution in [2.24, 2.45) is 10.7 Å². The van der Waals surface area contributed by atoms with Crippen LogP contribution in [0.2, 0.25) is 0 Å². The van der Waals surface area contributed by atoms with Gasteiger partial charge in [-0.15, -0.1) is 30.4 Å². The van der Waals surface area contributed by atoms with Crippen molar-refractivity contribution in [2.75, 3.05) is 32.9 Å². The molecule has 0 spiro atoms. The zero-order valence-electron chi connectivity index (χ0n) is 13.6. The highest BCUT2D eigenvalue weighted by atomic mass is 127. The number of halogens is 1. The molecule has 0 heterocycles. The fraction of sp³-hybridized carbons (Fsp3) is 0.471. The van der Waals surface area contributed by atoms with Crippen LogP contribution in [0.4, 0.5) is 0 Å². The molecule has 6 heteroatoms. The van der Waals surface area contributed by atoms with Gasteiger partial charge in [-0.3, -0.25) is 4.99 Å². The maximum atomic E-state index is 5.79. The number of nitrogens with zero attached hydrogens (tertiary/aromatic N) is 1. The van der Waals surface area contributed by atoms with Gasteiger partial charge in [-0.1, -0.05) is 18.1 Å². The van der Waals surface area contributed by atoms with Crippen molar-refractivity contribution in [3.63, 3.8) is 0 Å². The third-order valence-electron chi connectivity index (χ3n) is 2.90. The van der Waals surface area contributed by atoms with E-state index in [0.717, 1.165) is 38.3 Å². The average Bonchev–Trinajstić information content (AvgIpc) is 2.54. The normalized spacial score (nSPS) is 10.5. The zero-order chi connectivity index (χ0) is 16.0. The van der Waals surface area contributed by atoms with Crippen molar-refractivity contribution in [3.05, 3.63) is 29.8 Å². The summed E-state index contributed by atoms with van der Waals surface area (Å²) < 4.78 is 10.6. The van der Waals surface area contributed by atoms with Crippen molar-refractivity contribution >= 4 is 29.9 Å². The van der Waals surface area contributed by atoms with Gasteiger partial charge in [-0.2, -0.15) is 0 Å². The molecule has 0 aliphatic carbocycles. The minimum absolute atomic E-state index is 0. The fourth-order valence-electron chi connectivity index (χ4n) is 1.78. The lowest BCUT2D eigenvalue weighted by atomic mass is 10.1. The molecule has 0 aliphatic heterocycles. The van der Waals surface area contributed by atoms with Gasteiger partial charge in [0.1, 0.15) is 12.4 Å². The summed E-state index contributed by atoms with van der Waals surface area (Å²) in [6.07, 6.45) is 6.90. The quantitative estimate of drug-likeness (QED) is 0.196. The Hall–Kier alpha value is -1.46. The summed E-state index contributed by atoms with van der Waals surface area (Å²) in [5, 5.41) is 3.10. The van der Waals surface area contributed by atoms with Crippen LogP contribution in [0, 0.1) is 12.3 Å². The van der Waals surface area contributed by atoms with E-state index in [9.17, 15) is 0 Å². The number of nitrogens with two attached hydrogens (primary N) is 1. The Balaban J connectivity index is 0.00000484. The van der Waals surface area contributed by atoms with E-state index in [0.29, 0.717) is 12.5 Å². The molecular formula is C17H26IN3O2. The molecule has 0 aromatic heterocycles. The monoisotopic (exact) mass is 431 g/mol. The Morgan fingerprint density at radius 1 is 1.35 bits per heavy atom. The molecular weight excluding hydrogens is 405 g/mol. The number of terminal acetylenes is 1. The van der Waals surface area contributed by atoms with E-state index < -0.39 is 0 Å². The SMILES string of the molecule is C#CCOc1ccc(CCNC(N)=NCCCOCC)cc1.I. The standard InChI is InChI=1S/C17H25N3O2.HI/c1-3-13-22-16-8-6-15(7-9-16)10-12-20-17(18)19-11-5-14-21-4-2;/h1,6-9H,4-5,10-14H2,2H3,(H3,18,19,20);1H. The number of benzene rings is 1. The van der Waals surface area contributed by atoms with Crippen LogP contribution in [0.25, 0.3) is 0 Å². The molecule has 0 aliphatic rings. The van der Waals surface area contributed by atoms with E-state index in [1.54, 1.807) is 0 Å². The first-order valence-corrected chi connectivity index (χ1v) is 7.53. The second kappa shape index (κ2) is 14.2. The predicted molar refractivity (Wildman–Crippen MR) is 105 cm³/mol. The Morgan fingerprint density at radius 2 is 2.09 bits per heavy atom. The zero-order valence-corrected chi connectivity index (χ0v) is 15.9. The molecule has 0 amide bonds. The molecule has 1 rings (SSSR count). The molecule has 3 N–H and O–H groups in total. The second-order valence-electron chi connectivity index (χ2n) is 4.63. The van der Waals surface area contributed by atoms with Crippen LogP contribution >= 0.6 is 24.0 Å². The molecule has 128 valence electrons. The molecule has 1 aromatic carbocycles. The lowest BCUT2D eigenvalue weighted by molar-refractivity contribution is 0.146. The van der Waals surface area contributed by atoms with Gasteiger partial charge < -0.3 is 20.5 Å². The summed E-state index contributed by atoms with van der Waals surface area (Å²) in [6, 6.07) is 7.86. The van der Waals surface area contributed by atoms with Gasteiger partial charge in [0.15, 0.2) is 5.96 Å². The summed E-state index contributed by atoms with van der Waals surface area (Å²) in [6.45, 7) is 5.15. The minimum atomic E-state index is 0. The van der Waals surface area contributed by atoms with E-state index in [1.165, 1.54) is 5.56 Å². The van der Waals surface area contributed by atoms with E-state index in [-0.39, 0.29) is 30.6 Å². The summed E-state index contributed by atoms with van der Waals surface area (Å²) >= 11 is 0. The predicted octanol–water partition coefficient (Wildman–Crippen LogP) is 2.19. The first-order chi connectivity index (χ1) is 10.8. The van der Waals surface area contributed by atoms with Gasteiger partial charge in [0.2, 0.25) is 0 Å². The molecule has 1 aromatic rings. The third-order valence-corrected chi connectivity index (χ3v) is 2.90. The smallest absolute Gasteiger partial charge is 0.188 e. The molecule has 0 radical (unpaired) electrons. The molecule has 0 atom stereocenters. The third kappa shape index (κ3) is 10.8. The van der Waals surface area contributed by atoms with Crippen LogP contribution in [0.1, 0.15) is 18.9 Å². The molecule has 0 saturated heterocycles. The van der Waals surface area contributed by atoms with Crippen LogP contribution in [-0.2, 0) is 11.2 Å². The number of rotatable bonds is 10. The fourth-order valence-corrected chi connectivity index (χ4v) is 1.78. The molecule has 0 saturated carbocycles. The Labute approximate surface area is 156 Å². The average molecular weight is 431 g/mol. The number of aliphatic imine (C=N–C) groups is 1. The topological polar surface area (TPSA) is 68.9 Å². The highest BCUT2D eigenvalue weighted by Crippen LogP contribution is 2.12. The van der Waals surface area contributed by atoms with Crippen LogP contribution in [0.5, 0.6) is 5.75 Å². The van der Waals surface area contributed by atoms with E-state index >= 15 is 0 Å². The number of hydrogen-bond acceptors (Lipinski definition) is 3. The number of guanidine groups is 1. The number of nitrogens with one attached hydrogen (secondary N) is 1. The lowest BCUT2D eigenvalue weighted by Crippen LogP contribution is -2.33. The highest BCUT2D eigenvalue weighted by molar-refractivity contribution is 14.0. The Morgan fingerprint density at radius 3 is 2.74 bits per heavy atom. The van der Waals surface area contributed by atoms with Crippen LogP contribution < -0.4 is 15.8 Å². The molecule has 0 unspecified atom stereocenters. The van der Waals surface area contributed by atoms with Gasteiger partial charge >= 0.3 is 0 Å². The van der Waals surface area contributed by atoms with Crippen molar-refractivity contribution in [1.82, 2.24) is 5.32 Å². The van der Waals surface area contributed by atoms with E-state index in [2.05, 4.69) is 16.2 Å². The van der Waals surface area contributed by atoms with Crippen LogP contribution in [0.15, 0.2) is 29.3 Å². The van der Waals surface area contributed by atoms with Crippen molar-refractivity contribution in [1.29, 1.82) is 0 Å². The second-order valence-corrected chi connectivity index (χ2v) is 4.63. The van der Waals surface area contributed by atoms with Gasteiger partial charge in [0.05, 0.1) is 0 Å². The van der Waals surface area contributed by atoms with E-state index in [4.69, 9.17) is 21.6 Å². The van der Waals surface area contributed by atoms with Crippen molar-refractivity contribution in [2.45, 2.75) is 19.8 Å². The number of hydrogen-bond donors (Lipinski definition) is 2. The highest BCUT2D eigenvalue weighted by Gasteiger charge is 1.97. The van der Waals surface area contributed by atoms with Gasteiger partial charge in [-0.05, 0) is 37.5 Å². The molecule has 0 fully saturated rings. The Kier molecular flexibility index (Phi) is 13.3. The summed E-state index contributed by atoms with van der Waals surface area (Å²) in [5.74, 6) is 3.70. The summed E-state index contributed by atoms with van der Waals surface area (Å²) in [4.78, 5) is 4.24. The number of ether oxygens (including phenoxy) is 2. The molecule has 23 heavy (non-hydrogen) atoms. The van der Waals surface area contributed by atoms with Crippen molar-refractivity contribution < 1.29 is 9.47 Å². The maximum absolute atomic E-state index is 5.79. The molecule has 0 bridgehead atoms. The summed E-state index contributed by atoms with van der Waals surface area (Å²) in [5.41, 5.74) is 6.99. The molecule has 5 nitrogen and oxygen atoms in total. The Bertz CT molecular complexity index is 484. The maximum Gasteiger partial charge on any atom is 0.188 e. The summed E-state index contributed by atoms with van der Waals surface area (Å²) in [7, 11) is 0. The largest absolute Gasteiger partial charge is 0.481 e. The van der Waals surface area contributed by atoms with Crippen molar-refractivity contribution in [3.8, 4) is 18.1 Å². The van der Waals surface area contributed by atoms with Crippen LogP contribution in [-0.4, -0.2) is 38.9 Å². The first-order valence-electron chi connectivity index (χ1n) is 7.53. The van der Waals surface area contributed by atoms with Crippen LogP contribution in [0.3, 0.4) is 0 Å². The van der Waals surface area contributed by atoms with Gasteiger partial charge in [0.25, 0.3) is 0 Å². The van der Waals surface area contributed by atoms with Gasteiger partial charge in [0, 0.05) is 26.3 Å².